The molecule has 2 aromatic rings. The van der Waals surface area contributed by atoms with E-state index in [1.54, 1.807) is 20.2 Å². The summed E-state index contributed by atoms with van der Waals surface area (Å²) in [5.74, 6) is 2.08. The molecule has 22 heavy (non-hydrogen) atoms. The van der Waals surface area contributed by atoms with Crippen LogP contribution in [0.15, 0.2) is 36.5 Å². The largest absolute Gasteiger partial charge is 0.493 e. The van der Waals surface area contributed by atoms with Crippen molar-refractivity contribution in [3.05, 3.63) is 53.3 Å². The highest BCUT2D eigenvalue weighted by Gasteiger charge is 2.23. The molecule has 1 aliphatic rings. The maximum Gasteiger partial charge on any atom is 0.164 e. The summed E-state index contributed by atoms with van der Waals surface area (Å²) < 4.78 is 11.2. The van der Waals surface area contributed by atoms with Crippen LogP contribution >= 0.6 is 0 Å². The molecule has 3 rings (SSSR count). The number of hydrogen-bond donors (Lipinski definition) is 0. The van der Waals surface area contributed by atoms with E-state index in [0.29, 0.717) is 18.1 Å². The molecule has 1 aromatic heterocycles. The quantitative estimate of drug-likeness (QED) is 0.814. The molecule has 1 aliphatic heterocycles. The molecule has 0 N–H and O–H groups in total. The first-order valence-electron chi connectivity index (χ1n) is 7.42. The minimum absolute atomic E-state index is 0.0427. The van der Waals surface area contributed by atoms with Crippen LogP contribution < -0.4 is 9.47 Å². The molecule has 0 spiro atoms. The van der Waals surface area contributed by atoms with Gasteiger partial charge in [0.2, 0.25) is 0 Å². The number of benzene rings is 1. The molecular weight excluding hydrogens is 278 g/mol. The second kappa shape index (κ2) is 6.18. The fourth-order valence-electron chi connectivity index (χ4n) is 2.80. The van der Waals surface area contributed by atoms with E-state index in [1.165, 1.54) is 5.56 Å². The number of Topliss-reactive ketones (excluding diaryl/α,β-unsaturated/α-hetero) is 1. The average Bonchev–Trinajstić information content (AvgIpc) is 2.54. The molecule has 0 aliphatic carbocycles. The number of ether oxygens (including phenoxy) is 2. The molecular formula is C18H19NO3. The normalized spacial score (nSPS) is 16.5. The van der Waals surface area contributed by atoms with Crippen LogP contribution in [0.2, 0.25) is 0 Å². The fraction of sp³-hybridized carbons (Fsp3) is 0.333. The lowest BCUT2D eigenvalue weighted by Gasteiger charge is -2.26. The van der Waals surface area contributed by atoms with E-state index in [-0.39, 0.29) is 5.78 Å². The Bertz CT molecular complexity index is 679. The lowest BCUT2D eigenvalue weighted by Crippen LogP contribution is -2.23. The van der Waals surface area contributed by atoms with Crippen molar-refractivity contribution in [2.24, 2.45) is 5.92 Å². The third kappa shape index (κ3) is 2.96. The van der Waals surface area contributed by atoms with Gasteiger partial charge in [0.25, 0.3) is 0 Å². The van der Waals surface area contributed by atoms with Gasteiger partial charge in [0.05, 0.1) is 13.7 Å². The van der Waals surface area contributed by atoms with Gasteiger partial charge >= 0.3 is 0 Å². The van der Waals surface area contributed by atoms with E-state index in [0.717, 1.165) is 30.0 Å². The Balaban J connectivity index is 1.71. The van der Waals surface area contributed by atoms with Gasteiger partial charge in [-0.2, -0.15) is 0 Å². The monoisotopic (exact) mass is 297 g/mol. The molecule has 2 heterocycles. The van der Waals surface area contributed by atoms with Crippen LogP contribution in [0.3, 0.4) is 0 Å². The average molecular weight is 297 g/mol. The molecule has 4 heteroatoms. The van der Waals surface area contributed by atoms with Gasteiger partial charge in [-0.25, -0.2) is 0 Å². The molecule has 114 valence electrons. The Labute approximate surface area is 130 Å². The van der Waals surface area contributed by atoms with Gasteiger partial charge in [0, 0.05) is 23.4 Å². The van der Waals surface area contributed by atoms with Crippen molar-refractivity contribution in [1.82, 2.24) is 4.98 Å². The molecule has 4 nitrogen and oxygen atoms in total. The third-order valence-electron chi connectivity index (χ3n) is 3.98. The summed E-state index contributed by atoms with van der Waals surface area (Å²) in [6, 6.07) is 9.75. The molecule has 0 unspecified atom stereocenters. The van der Waals surface area contributed by atoms with Crippen LogP contribution in [-0.2, 0) is 12.8 Å². The smallest absolute Gasteiger partial charge is 0.164 e. The van der Waals surface area contributed by atoms with Crippen molar-refractivity contribution >= 4 is 5.78 Å². The summed E-state index contributed by atoms with van der Waals surface area (Å²) in [5.41, 5.74) is 2.82. The standard InChI is InChI=1S/C18H19NO3/c1-12(20)15-6-7-16(19-10-15)9-13-8-14-4-3-5-17(21-2)18(14)22-11-13/h3-7,10,13H,8-9,11H2,1-2H3/t13-/m0/s1. The highest BCUT2D eigenvalue weighted by molar-refractivity contribution is 5.93. The highest BCUT2D eigenvalue weighted by atomic mass is 16.5. The number of fused-ring (bicyclic) bond motifs is 1. The van der Waals surface area contributed by atoms with E-state index in [2.05, 4.69) is 11.1 Å². The summed E-state index contributed by atoms with van der Waals surface area (Å²) >= 11 is 0. The summed E-state index contributed by atoms with van der Waals surface area (Å²) in [4.78, 5) is 15.7. The molecule has 0 amide bonds. The van der Waals surface area contributed by atoms with Crippen molar-refractivity contribution in [2.45, 2.75) is 19.8 Å². The minimum atomic E-state index is 0.0427. The van der Waals surface area contributed by atoms with Crippen LogP contribution in [0.4, 0.5) is 0 Å². The van der Waals surface area contributed by atoms with Gasteiger partial charge in [0.1, 0.15) is 0 Å². The van der Waals surface area contributed by atoms with Crippen LogP contribution in [0, 0.1) is 5.92 Å². The number of pyridine rings is 1. The fourth-order valence-corrected chi connectivity index (χ4v) is 2.80. The molecule has 1 atom stereocenters. The number of hydrogen-bond acceptors (Lipinski definition) is 4. The van der Waals surface area contributed by atoms with Crippen LogP contribution in [0.1, 0.15) is 28.5 Å². The van der Waals surface area contributed by atoms with Crippen molar-refractivity contribution in [2.75, 3.05) is 13.7 Å². The molecule has 0 saturated heterocycles. The van der Waals surface area contributed by atoms with Gasteiger partial charge < -0.3 is 9.47 Å². The van der Waals surface area contributed by atoms with E-state index in [4.69, 9.17) is 9.47 Å². The van der Waals surface area contributed by atoms with Gasteiger partial charge in [-0.15, -0.1) is 0 Å². The SMILES string of the molecule is COc1cccc2c1OC[C@H](Cc1ccc(C(C)=O)cn1)C2. The van der Waals surface area contributed by atoms with Gasteiger partial charge in [-0.05, 0) is 43.5 Å². The summed E-state index contributed by atoms with van der Waals surface area (Å²) in [6.45, 7) is 2.21. The molecule has 0 radical (unpaired) electrons. The Morgan fingerprint density at radius 3 is 2.91 bits per heavy atom. The van der Waals surface area contributed by atoms with Crippen LogP contribution in [-0.4, -0.2) is 24.5 Å². The predicted molar refractivity (Wildman–Crippen MR) is 83.6 cm³/mol. The summed E-state index contributed by atoms with van der Waals surface area (Å²) in [6.07, 6.45) is 3.44. The summed E-state index contributed by atoms with van der Waals surface area (Å²) in [5, 5.41) is 0. The molecule has 0 fully saturated rings. The van der Waals surface area contributed by atoms with Crippen molar-refractivity contribution < 1.29 is 14.3 Å². The maximum absolute atomic E-state index is 11.3. The van der Waals surface area contributed by atoms with Crippen molar-refractivity contribution in [3.8, 4) is 11.5 Å². The lowest BCUT2D eigenvalue weighted by atomic mass is 9.92. The second-order valence-electron chi connectivity index (χ2n) is 5.63. The van der Waals surface area contributed by atoms with Crippen LogP contribution in [0.25, 0.3) is 0 Å². The number of rotatable bonds is 4. The third-order valence-corrected chi connectivity index (χ3v) is 3.98. The molecule has 1 aromatic carbocycles. The first kappa shape index (κ1) is 14.6. The zero-order chi connectivity index (χ0) is 15.5. The number of carbonyl (C=O) groups is 1. The maximum atomic E-state index is 11.3. The molecule has 0 bridgehead atoms. The van der Waals surface area contributed by atoms with E-state index >= 15 is 0 Å². The Kier molecular flexibility index (Phi) is 4.09. The van der Waals surface area contributed by atoms with Gasteiger partial charge in [-0.3, -0.25) is 9.78 Å². The first-order chi connectivity index (χ1) is 10.7. The number of para-hydroxylation sites is 1. The van der Waals surface area contributed by atoms with Gasteiger partial charge in [0.15, 0.2) is 17.3 Å². The van der Waals surface area contributed by atoms with Crippen LogP contribution in [0.5, 0.6) is 11.5 Å². The predicted octanol–water partition coefficient (Wildman–Crippen LogP) is 3.09. The molecule has 0 saturated carbocycles. The Morgan fingerprint density at radius 2 is 2.23 bits per heavy atom. The lowest BCUT2D eigenvalue weighted by molar-refractivity contribution is 0.101. The number of methoxy groups -OCH3 is 1. The van der Waals surface area contributed by atoms with E-state index < -0.39 is 0 Å². The number of carbonyl (C=O) groups excluding carboxylic acids is 1. The summed E-state index contributed by atoms with van der Waals surface area (Å²) in [7, 11) is 1.66. The Morgan fingerprint density at radius 1 is 1.36 bits per heavy atom. The van der Waals surface area contributed by atoms with E-state index in [1.807, 2.05) is 24.3 Å². The van der Waals surface area contributed by atoms with Crippen molar-refractivity contribution in [1.29, 1.82) is 0 Å². The number of nitrogens with zero attached hydrogens (tertiary/aromatic N) is 1. The van der Waals surface area contributed by atoms with Crippen molar-refractivity contribution in [3.63, 3.8) is 0 Å². The first-order valence-corrected chi connectivity index (χ1v) is 7.42. The zero-order valence-corrected chi connectivity index (χ0v) is 12.8. The van der Waals surface area contributed by atoms with Gasteiger partial charge in [-0.1, -0.05) is 12.1 Å². The number of aromatic nitrogens is 1. The topological polar surface area (TPSA) is 48.4 Å². The zero-order valence-electron chi connectivity index (χ0n) is 12.8. The second-order valence-corrected chi connectivity index (χ2v) is 5.63. The van der Waals surface area contributed by atoms with E-state index in [9.17, 15) is 4.79 Å². The number of ketones is 1. The minimum Gasteiger partial charge on any atom is -0.493 e. The Hall–Kier alpha value is -2.36. The highest BCUT2D eigenvalue weighted by Crippen LogP contribution is 2.36.